The van der Waals surface area contributed by atoms with Crippen molar-refractivity contribution in [1.82, 2.24) is 10.1 Å². The Balaban J connectivity index is 1.51. The lowest BCUT2D eigenvalue weighted by Crippen LogP contribution is -2.13. The summed E-state index contributed by atoms with van der Waals surface area (Å²) in [5.74, 6) is 1.19. The van der Waals surface area contributed by atoms with E-state index < -0.39 is 5.76 Å². The summed E-state index contributed by atoms with van der Waals surface area (Å²) in [4.78, 5) is 26.2. The van der Waals surface area contributed by atoms with Crippen molar-refractivity contribution in [3.05, 3.63) is 52.0 Å². The van der Waals surface area contributed by atoms with Crippen molar-refractivity contribution in [2.45, 2.75) is 47.0 Å². The van der Waals surface area contributed by atoms with Gasteiger partial charge >= 0.3 is 5.76 Å². The Hall–Kier alpha value is -3.75. The van der Waals surface area contributed by atoms with Gasteiger partial charge in [-0.05, 0) is 55.5 Å². The maximum Gasteiger partial charge on any atom is 0.439 e. The monoisotopic (exact) mass is 484 g/mol. The zero-order valence-corrected chi connectivity index (χ0v) is 20.8. The minimum Gasteiger partial charge on any atom is -0.507 e. The van der Waals surface area contributed by atoms with Crippen molar-refractivity contribution in [2.75, 3.05) is 20.3 Å². The van der Waals surface area contributed by atoms with E-state index >= 15 is 0 Å². The summed E-state index contributed by atoms with van der Waals surface area (Å²) in [6.07, 6.45) is 1.77. The zero-order valence-electron chi connectivity index (χ0n) is 20.8. The number of aromatic amines is 1. The summed E-state index contributed by atoms with van der Waals surface area (Å²) < 4.78 is 21.6. The topological polar surface area (TPSA) is 124 Å². The van der Waals surface area contributed by atoms with Gasteiger partial charge in [0.25, 0.3) is 0 Å². The molecule has 2 N–H and O–H groups in total. The fraction of sp³-hybridized carbons (Fsp3) is 0.423. The van der Waals surface area contributed by atoms with Crippen LogP contribution in [-0.4, -0.2) is 41.4 Å². The summed E-state index contributed by atoms with van der Waals surface area (Å²) in [5, 5.41) is 14.2. The molecule has 2 aromatic carbocycles. The largest absolute Gasteiger partial charge is 0.507 e. The molecule has 188 valence electrons. The third-order valence-corrected chi connectivity index (χ3v) is 5.30. The number of ketones is 1. The highest BCUT2D eigenvalue weighted by Crippen LogP contribution is 2.34. The standard InChI is InChI=1S/C26H32N2O7/c1-16-20(11-9-18(23(16)30)19(29)15-26(2,3)4)33-12-6-7-13-34-22-14-17(8-10-21(22)32-5)24-27-25(31)35-28-24/h8-11,14,30H,6-7,12-13,15H2,1-5H3,(H,27,28,31). The molecule has 1 heterocycles. The molecule has 0 radical (unpaired) electrons. The van der Waals surface area contributed by atoms with E-state index in [1.165, 1.54) is 0 Å². The molecule has 1 aromatic heterocycles. The highest BCUT2D eigenvalue weighted by atomic mass is 16.5. The minimum absolute atomic E-state index is 0.0273. The number of H-pyrrole nitrogens is 1. The van der Waals surface area contributed by atoms with E-state index in [0.717, 1.165) is 0 Å². The fourth-order valence-corrected chi connectivity index (χ4v) is 3.50. The summed E-state index contributed by atoms with van der Waals surface area (Å²) >= 11 is 0. The van der Waals surface area contributed by atoms with E-state index in [-0.39, 0.29) is 16.9 Å². The fourth-order valence-electron chi connectivity index (χ4n) is 3.50. The number of rotatable bonds is 11. The van der Waals surface area contributed by atoms with Crippen molar-refractivity contribution in [1.29, 1.82) is 0 Å². The molecule has 0 unspecified atom stereocenters. The summed E-state index contributed by atoms with van der Waals surface area (Å²) in [7, 11) is 1.55. The van der Waals surface area contributed by atoms with Gasteiger partial charge in [-0.2, -0.15) is 0 Å². The molecule has 0 aliphatic heterocycles. The number of hydrogen-bond acceptors (Lipinski definition) is 8. The van der Waals surface area contributed by atoms with Gasteiger partial charge < -0.3 is 19.3 Å². The second-order valence-electron chi connectivity index (χ2n) is 9.46. The number of aromatic hydroxyl groups is 1. The number of phenols is 1. The molecule has 0 saturated carbocycles. The molecule has 3 aromatic rings. The Kier molecular flexibility index (Phi) is 8.22. The van der Waals surface area contributed by atoms with Crippen LogP contribution < -0.4 is 20.0 Å². The van der Waals surface area contributed by atoms with Crippen LogP contribution in [0.1, 0.15) is 56.0 Å². The number of aromatic nitrogens is 2. The number of methoxy groups -OCH3 is 1. The molecule has 0 bridgehead atoms. The lowest BCUT2D eigenvalue weighted by atomic mass is 9.87. The van der Waals surface area contributed by atoms with E-state index in [1.54, 1.807) is 44.4 Å². The molecule has 9 heteroatoms. The Labute approximate surface area is 204 Å². The van der Waals surface area contributed by atoms with Crippen LogP contribution in [-0.2, 0) is 0 Å². The number of nitrogens with zero attached hydrogens (tertiary/aromatic N) is 1. The van der Waals surface area contributed by atoms with Crippen LogP contribution in [0.2, 0.25) is 0 Å². The normalized spacial score (nSPS) is 11.3. The second-order valence-corrected chi connectivity index (χ2v) is 9.46. The molecule has 0 saturated heterocycles. The summed E-state index contributed by atoms with van der Waals surface area (Å²) in [6, 6.07) is 8.54. The van der Waals surface area contributed by atoms with E-state index in [0.29, 0.717) is 72.2 Å². The summed E-state index contributed by atoms with van der Waals surface area (Å²) in [5.41, 5.74) is 1.35. The number of hydrogen-bond donors (Lipinski definition) is 2. The highest BCUT2D eigenvalue weighted by Gasteiger charge is 2.21. The van der Waals surface area contributed by atoms with E-state index in [1.807, 2.05) is 20.8 Å². The van der Waals surface area contributed by atoms with Crippen LogP contribution in [0.5, 0.6) is 23.0 Å². The molecule has 0 amide bonds. The average molecular weight is 485 g/mol. The van der Waals surface area contributed by atoms with E-state index in [4.69, 9.17) is 14.2 Å². The molecule has 9 nitrogen and oxygen atoms in total. The summed E-state index contributed by atoms with van der Waals surface area (Å²) in [6.45, 7) is 8.55. The van der Waals surface area contributed by atoms with Crippen molar-refractivity contribution in [2.24, 2.45) is 5.41 Å². The first-order chi connectivity index (χ1) is 16.6. The van der Waals surface area contributed by atoms with Crippen LogP contribution in [0.15, 0.2) is 39.6 Å². The molecular weight excluding hydrogens is 452 g/mol. The number of carbonyl (C=O) groups excluding carboxylic acids is 1. The number of phenolic OH excluding ortho intramolecular Hbond substituents is 1. The third-order valence-electron chi connectivity index (χ3n) is 5.30. The van der Waals surface area contributed by atoms with Gasteiger partial charge in [-0.15, -0.1) is 0 Å². The Morgan fingerprint density at radius 2 is 1.71 bits per heavy atom. The van der Waals surface area contributed by atoms with Crippen LogP contribution in [0.25, 0.3) is 11.4 Å². The van der Waals surface area contributed by atoms with Crippen molar-refractivity contribution >= 4 is 5.78 Å². The smallest absolute Gasteiger partial charge is 0.439 e. The first-order valence-electron chi connectivity index (χ1n) is 11.4. The van der Waals surface area contributed by atoms with Crippen molar-refractivity contribution in [3.63, 3.8) is 0 Å². The van der Waals surface area contributed by atoms with Gasteiger partial charge in [-0.25, -0.2) is 4.79 Å². The lowest BCUT2D eigenvalue weighted by molar-refractivity contribution is 0.0937. The third kappa shape index (κ3) is 6.88. The number of unbranched alkanes of at least 4 members (excludes halogenated alkanes) is 1. The molecule has 0 aliphatic rings. The van der Waals surface area contributed by atoms with Gasteiger partial charge in [-0.3, -0.25) is 14.3 Å². The van der Waals surface area contributed by atoms with Crippen molar-refractivity contribution < 1.29 is 28.6 Å². The Morgan fingerprint density at radius 3 is 2.31 bits per heavy atom. The maximum absolute atomic E-state index is 12.5. The number of benzene rings is 2. The van der Waals surface area contributed by atoms with Crippen LogP contribution in [0, 0.1) is 12.3 Å². The van der Waals surface area contributed by atoms with E-state index in [2.05, 4.69) is 14.7 Å². The molecule has 0 aliphatic carbocycles. The SMILES string of the molecule is COc1ccc(-c2noc(=O)[nH]2)cc1OCCCCOc1ccc(C(=O)CC(C)(C)C)c(O)c1C. The first-order valence-corrected chi connectivity index (χ1v) is 11.4. The Bertz CT molecular complexity index is 1220. The number of Topliss-reactive ketones (excluding diaryl/α,β-unsaturated/α-hetero) is 1. The molecule has 35 heavy (non-hydrogen) atoms. The minimum atomic E-state index is -0.631. The molecular formula is C26H32N2O7. The van der Waals surface area contributed by atoms with Crippen molar-refractivity contribution in [3.8, 4) is 34.4 Å². The number of ether oxygens (including phenoxy) is 3. The lowest BCUT2D eigenvalue weighted by Gasteiger charge is -2.18. The predicted octanol–water partition coefficient (Wildman–Crippen LogP) is 4.91. The van der Waals surface area contributed by atoms with Gasteiger partial charge in [0.2, 0.25) is 0 Å². The van der Waals surface area contributed by atoms with Crippen LogP contribution in [0.4, 0.5) is 0 Å². The first kappa shape index (κ1) is 25.9. The van der Waals surface area contributed by atoms with Gasteiger partial charge in [0.05, 0.1) is 25.9 Å². The Morgan fingerprint density at radius 1 is 1.06 bits per heavy atom. The number of carbonyl (C=O) groups is 1. The van der Waals surface area contributed by atoms with Crippen LogP contribution in [0.3, 0.4) is 0 Å². The maximum atomic E-state index is 12.5. The van der Waals surface area contributed by atoms with Gasteiger partial charge in [0.1, 0.15) is 11.5 Å². The average Bonchev–Trinajstić information content (AvgIpc) is 3.23. The van der Waals surface area contributed by atoms with Crippen LogP contribution >= 0.6 is 0 Å². The van der Waals surface area contributed by atoms with Gasteiger partial charge in [0.15, 0.2) is 23.1 Å². The second kappa shape index (κ2) is 11.1. The zero-order chi connectivity index (χ0) is 25.6. The van der Waals surface area contributed by atoms with Gasteiger partial charge in [0, 0.05) is 17.5 Å². The van der Waals surface area contributed by atoms with Gasteiger partial charge in [-0.1, -0.05) is 25.9 Å². The quantitative estimate of drug-likeness (QED) is 0.291. The molecule has 0 spiro atoms. The highest BCUT2D eigenvalue weighted by molar-refractivity contribution is 5.99. The molecule has 3 rings (SSSR count). The predicted molar refractivity (Wildman–Crippen MR) is 131 cm³/mol. The van der Waals surface area contributed by atoms with E-state index in [9.17, 15) is 14.7 Å². The number of nitrogens with one attached hydrogen (secondary N) is 1. The molecule has 0 fully saturated rings. The molecule has 0 atom stereocenters.